The molecule has 3 aromatic rings. The van der Waals surface area contributed by atoms with Gasteiger partial charge in [-0.15, -0.1) is 0 Å². The summed E-state index contributed by atoms with van der Waals surface area (Å²) in [6.07, 6.45) is 0. The van der Waals surface area contributed by atoms with Crippen LogP contribution in [0.4, 0.5) is 4.39 Å². The van der Waals surface area contributed by atoms with Gasteiger partial charge in [0.25, 0.3) is 0 Å². The van der Waals surface area contributed by atoms with Crippen molar-refractivity contribution in [2.24, 2.45) is 0 Å². The molecule has 1 amide bonds. The Kier molecular flexibility index (Phi) is 5.21. The van der Waals surface area contributed by atoms with Crippen LogP contribution < -0.4 is 5.76 Å². The molecule has 0 bridgehead atoms. The van der Waals surface area contributed by atoms with Crippen molar-refractivity contribution >= 4 is 5.91 Å². The molecule has 3 rings (SSSR count). The second-order valence-electron chi connectivity index (χ2n) is 6.41. The van der Waals surface area contributed by atoms with Gasteiger partial charge in [0.05, 0.1) is 6.04 Å². The van der Waals surface area contributed by atoms with Crippen LogP contribution in [-0.4, -0.2) is 27.6 Å². The standard InChI is InChI=1S/C20H20FN3O3/c1-13-6-4-5-7-17(13)19-22-27-20(26)24(19)12-18(25)23(3)14(2)15-8-10-16(21)11-9-15/h4-11,14H,12H2,1-3H3. The molecule has 0 spiro atoms. The Morgan fingerprint density at radius 2 is 1.89 bits per heavy atom. The van der Waals surface area contributed by atoms with E-state index in [1.54, 1.807) is 19.2 Å². The van der Waals surface area contributed by atoms with Gasteiger partial charge in [-0.3, -0.25) is 9.32 Å². The number of halogens is 1. The highest BCUT2D eigenvalue weighted by Gasteiger charge is 2.22. The molecular weight excluding hydrogens is 349 g/mol. The van der Waals surface area contributed by atoms with Crippen LogP contribution >= 0.6 is 0 Å². The first-order valence-electron chi connectivity index (χ1n) is 8.52. The average Bonchev–Trinajstić information content (AvgIpc) is 3.02. The van der Waals surface area contributed by atoms with Crippen molar-refractivity contribution in [1.82, 2.24) is 14.6 Å². The molecule has 1 aromatic heterocycles. The van der Waals surface area contributed by atoms with Gasteiger partial charge >= 0.3 is 5.76 Å². The van der Waals surface area contributed by atoms with Crippen molar-refractivity contribution < 1.29 is 13.7 Å². The topological polar surface area (TPSA) is 68.3 Å². The van der Waals surface area contributed by atoms with E-state index < -0.39 is 5.76 Å². The van der Waals surface area contributed by atoms with E-state index in [1.165, 1.54) is 21.6 Å². The quantitative estimate of drug-likeness (QED) is 0.693. The zero-order valence-corrected chi connectivity index (χ0v) is 15.3. The van der Waals surface area contributed by atoms with Gasteiger partial charge in [0.1, 0.15) is 12.4 Å². The molecule has 7 heteroatoms. The normalized spacial score (nSPS) is 12.0. The van der Waals surface area contributed by atoms with E-state index >= 15 is 0 Å². The molecule has 0 fully saturated rings. The van der Waals surface area contributed by atoms with E-state index in [1.807, 2.05) is 38.1 Å². The first kappa shape index (κ1) is 18.6. The molecule has 0 N–H and O–H groups in total. The van der Waals surface area contributed by atoms with Crippen LogP contribution in [0, 0.1) is 12.7 Å². The number of aromatic nitrogens is 2. The summed E-state index contributed by atoms with van der Waals surface area (Å²) in [4.78, 5) is 26.3. The van der Waals surface area contributed by atoms with Gasteiger partial charge < -0.3 is 4.90 Å². The Bertz CT molecular complexity index is 1010. The van der Waals surface area contributed by atoms with Gasteiger partial charge in [-0.1, -0.05) is 41.6 Å². The van der Waals surface area contributed by atoms with Crippen LogP contribution in [-0.2, 0) is 11.3 Å². The molecular formula is C20H20FN3O3. The molecule has 0 radical (unpaired) electrons. The molecule has 0 saturated heterocycles. The van der Waals surface area contributed by atoms with Crippen LogP contribution in [0.5, 0.6) is 0 Å². The number of aryl methyl sites for hydroxylation is 1. The van der Waals surface area contributed by atoms with Crippen molar-refractivity contribution in [2.75, 3.05) is 7.05 Å². The number of carbonyl (C=O) groups is 1. The highest BCUT2D eigenvalue weighted by molar-refractivity contribution is 5.77. The highest BCUT2D eigenvalue weighted by Crippen LogP contribution is 2.22. The summed E-state index contributed by atoms with van der Waals surface area (Å²) in [7, 11) is 1.64. The third kappa shape index (κ3) is 3.81. The number of rotatable bonds is 5. The van der Waals surface area contributed by atoms with Crippen LogP contribution in [0.25, 0.3) is 11.4 Å². The van der Waals surface area contributed by atoms with Crippen molar-refractivity contribution in [3.63, 3.8) is 0 Å². The van der Waals surface area contributed by atoms with E-state index in [0.29, 0.717) is 5.82 Å². The maximum Gasteiger partial charge on any atom is 0.442 e. The smallest absolute Gasteiger partial charge is 0.337 e. The predicted octanol–water partition coefficient (Wildman–Crippen LogP) is 3.17. The van der Waals surface area contributed by atoms with Gasteiger partial charge in [0, 0.05) is 12.6 Å². The SMILES string of the molecule is Cc1ccccc1-c1noc(=O)n1CC(=O)N(C)C(C)c1ccc(F)cc1. The number of benzene rings is 2. The zero-order chi connectivity index (χ0) is 19.6. The van der Waals surface area contributed by atoms with E-state index in [9.17, 15) is 14.0 Å². The maximum absolute atomic E-state index is 13.1. The van der Waals surface area contributed by atoms with Gasteiger partial charge in [-0.2, -0.15) is 0 Å². The van der Waals surface area contributed by atoms with Crippen molar-refractivity contribution in [3.8, 4) is 11.4 Å². The lowest BCUT2D eigenvalue weighted by molar-refractivity contribution is -0.132. The molecule has 140 valence electrons. The minimum atomic E-state index is -0.690. The summed E-state index contributed by atoms with van der Waals surface area (Å²) in [5.41, 5.74) is 2.44. The number of amides is 1. The summed E-state index contributed by atoms with van der Waals surface area (Å²) < 4.78 is 19.1. The molecule has 27 heavy (non-hydrogen) atoms. The Morgan fingerprint density at radius 3 is 2.56 bits per heavy atom. The fourth-order valence-electron chi connectivity index (χ4n) is 2.85. The predicted molar refractivity (Wildman–Crippen MR) is 98.5 cm³/mol. The van der Waals surface area contributed by atoms with Crippen LogP contribution in [0.2, 0.25) is 0 Å². The van der Waals surface area contributed by atoms with Crippen LogP contribution in [0.1, 0.15) is 24.1 Å². The molecule has 0 aliphatic heterocycles. The molecule has 6 nitrogen and oxygen atoms in total. The zero-order valence-electron chi connectivity index (χ0n) is 15.3. The summed E-state index contributed by atoms with van der Waals surface area (Å²) in [6, 6.07) is 13.1. The highest BCUT2D eigenvalue weighted by atomic mass is 19.1. The number of hydrogen-bond donors (Lipinski definition) is 0. The third-order valence-corrected chi connectivity index (χ3v) is 4.69. The minimum Gasteiger partial charge on any atom is -0.337 e. The van der Waals surface area contributed by atoms with Crippen molar-refractivity contribution in [3.05, 3.63) is 76.0 Å². The van der Waals surface area contributed by atoms with Gasteiger partial charge in [-0.05, 0) is 37.1 Å². The molecule has 0 aliphatic rings. The van der Waals surface area contributed by atoms with Gasteiger partial charge in [0.15, 0.2) is 5.82 Å². The minimum absolute atomic E-state index is 0.200. The van der Waals surface area contributed by atoms with Gasteiger partial charge in [0.2, 0.25) is 5.91 Å². The third-order valence-electron chi connectivity index (χ3n) is 4.69. The van der Waals surface area contributed by atoms with E-state index in [2.05, 4.69) is 5.16 Å². The summed E-state index contributed by atoms with van der Waals surface area (Å²) in [5, 5.41) is 3.83. The number of likely N-dealkylation sites (N-methyl/N-ethyl adjacent to an activating group) is 1. The largest absolute Gasteiger partial charge is 0.442 e. The van der Waals surface area contributed by atoms with E-state index in [4.69, 9.17) is 4.52 Å². The Morgan fingerprint density at radius 1 is 1.22 bits per heavy atom. The van der Waals surface area contributed by atoms with Crippen LogP contribution in [0.15, 0.2) is 57.8 Å². The fourth-order valence-corrected chi connectivity index (χ4v) is 2.85. The summed E-state index contributed by atoms with van der Waals surface area (Å²) in [6.45, 7) is 3.53. The summed E-state index contributed by atoms with van der Waals surface area (Å²) >= 11 is 0. The number of carbonyl (C=O) groups excluding carboxylic acids is 1. The van der Waals surface area contributed by atoms with Crippen molar-refractivity contribution in [1.29, 1.82) is 0 Å². The van der Waals surface area contributed by atoms with Gasteiger partial charge in [-0.25, -0.2) is 13.8 Å². The Hall–Kier alpha value is -3.22. The molecule has 1 heterocycles. The molecule has 1 atom stereocenters. The lowest BCUT2D eigenvalue weighted by atomic mass is 10.1. The molecule has 0 aliphatic carbocycles. The number of hydrogen-bond acceptors (Lipinski definition) is 4. The van der Waals surface area contributed by atoms with Crippen LogP contribution in [0.3, 0.4) is 0 Å². The second-order valence-corrected chi connectivity index (χ2v) is 6.41. The first-order chi connectivity index (χ1) is 12.9. The van der Waals surface area contributed by atoms with E-state index in [-0.39, 0.29) is 24.3 Å². The molecule has 1 unspecified atom stereocenters. The molecule has 2 aromatic carbocycles. The Balaban J connectivity index is 1.84. The molecule has 0 saturated carbocycles. The average molecular weight is 369 g/mol. The lowest BCUT2D eigenvalue weighted by Crippen LogP contribution is -2.35. The van der Waals surface area contributed by atoms with Crippen molar-refractivity contribution in [2.45, 2.75) is 26.4 Å². The second kappa shape index (κ2) is 7.57. The lowest BCUT2D eigenvalue weighted by Gasteiger charge is -2.25. The number of nitrogens with zero attached hydrogens (tertiary/aromatic N) is 3. The first-order valence-corrected chi connectivity index (χ1v) is 8.52. The monoisotopic (exact) mass is 369 g/mol. The van der Waals surface area contributed by atoms with E-state index in [0.717, 1.165) is 16.7 Å². The summed E-state index contributed by atoms with van der Waals surface area (Å²) in [5.74, 6) is -0.996. The Labute approximate surface area is 155 Å². The maximum atomic E-state index is 13.1. The fraction of sp³-hybridized carbons (Fsp3) is 0.250.